The molecule has 2 aromatic rings. The van der Waals surface area contributed by atoms with Crippen LogP contribution in [0.3, 0.4) is 0 Å². The lowest BCUT2D eigenvalue weighted by molar-refractivity contribution is 1.56. The van der Waals surface area contributed by atoms with Crippen LogP contribution >= 0.6 is 0 Å². The minimum Gasteiger partial charge on any atom is -0.0622 e. The Balaban J connectivity index is 2.04. The van der Waals surface area contributed by atoms with E-state index in [0.717, 1.165) is 0 Å². The molecule has 0 N–H and O–H groups in total. The van der Waals surface area contributed by atoms with Crippen LogP contribution in [0, 0.1) is 0 Å². The molecule has 0 saturated heterocycles. The lowest BCUT2D eigenvalue weighted by Crippen LogP contribution is -1.77. The average Bonchev–Trinajstić information content (AvgIpc) is 2.53. The van der Waals surface area contributed by atoms with Crippen LogP contribution < -0.4 is 0 Å². The summed E-state index contributed by atoms with van der Waals surface area (Å²) in [6.07, 6.45) is 8.47. The molecule has 0 amide bonds. The monoisotopic (exact) mass is 260 g/mol. The van der Waals surface area contributed by atoms with Crippen LogP contribution in [0.1, 0.15) is 25.0 Å². The highest BCUT2D eigenvalue weighted by Gasteiger charge is 1.92. The Morgan fingerprint density at radius 1 is 0.600 bits per heavy atom. The zero-order valence-corrected chi connectivity index (χ0v) is 12.1. The topological polar surface area (TPSA) is 0 Å². The molecule has 0 nitrogen and oxygen atoms in total. The van der Waals surface area contributed by atoms with E-state index >= 15 is 0 Å². The van der Waals surface area contributed by atoms with Crippen molar-refractivity contribution in [2.75, 3.05) is 0 Å². The van der Waals surface area contributed by atoms with E-state index < -0.39 is 0 Å². The number of hydrogen-bond donors (Lipinski definition) is 0. The second-order valence-corrected chi connectivity index (χ2v) is 4.82. The maximum atomic E-state index is 2.14. The molecule has 0 unspecified atom stereocenters. The third-order valence-electron chi connectivity index (χ3n) is 3.26. The summed E-state index contributed by atoms with van der Waals surface area (Å²) in [7, 11) is 0. The van der Waals surface area contributed by atoms with Crippen molar-refractivity contribution in [1.82, 2.24) is 0 Å². The SMILES string of the molecule is C\C(=C/C=C/C=C(\C)c1ccccc1)c1ccccc1. The molecule has 2 rings (SSSR count). The van der Waals surface area contributed by atoms with Gasteiger partial charge in [-0.05, 0) is 36.1 Å². The van der Waals surface area contributed by atoms with Crippen LogP contribution in [0.25, 0.3) is 11.1 Å². The van der Waals surface area contributed by atoms with Gasteiger partial charge in [0.15, 0.2) is 0 Å². The maximum Gasteiger partial charge on any atom is -0.0227 e. The molecule has 0 aliphatic rings. The molecule has 0 heteroatoms. The maximum absolute atomic E-state index is 2.14. The molecule has 2 aromatic carbocycles. The number of benzene rings is 2. The first-order chi connectivity index (χ1) is 9.77. The first kappa shape index (κ1) is 14.1. The van der Waals surface area contributed by atoms with Gasteiger partial charge in [0, 0.05) is 0 Å². The Kier molecular flexibility index (Phi) is 5.14. The van der Waals surface area contributed by atoms with Gasteiger partial charge in [0.1, 0.15) is 0 Å². The molecule has 0 aliphatic heterocycles. The lowest BCUT2D eigenvalue weighted by atomic mass is 10.1. The average molecular weight is 260 g/mol. The van der Waals surface area contributed by atoms with E-state index in [0.29, 0.717) is 0 Å². The standard InChI is InChI=1S/C20H20/c1-17(19-13-5-3-6-14-19)11-9-10-12-18(2)20-15-7-4-8-16-20/h3-16H,1-2H3/b10-9+,17-11+,18-12+. The summed E-state index contributed by atoms with van der Waals surface area (Å²) >= 11 is 0. The normalized spacial score (nSPS) is 12.9. The smallest absolute Gasteiger partial charge is 0.0227 e. The fraction of sp³-hybridized carbons (Fsp3) is 0.100. The molecule has 0 aliphatic carbocycles. The Hall–Kier alpha value is -2.34. The van der Waals surface area contributed by atoms with E-state index in [1.807, 2.05) is 12.1 Å². The molecule has 0 aromatic heterocycles. The number of allylic oxidation sites excluding steroid dienone is 6. The van der Waals surface area contributed by atoms with E-state index in [9.17, 15) is 0 Å². The van der Waals surface area contributed by atoms with Crippen LogP contribution in [0.4, 0.5) is 0 Å². The Morgan fingerprint density at radius 2 is 0.950 bits per heavy atom. The summed E-state index contributed by atoms with van der Waals surface area (Å²) in [5, 5.41) is 0. The van der Waals surface area contributed by atoms with Crippen LogP contribution in [0.2, 0.25) is 0 Å². The van der Waals surface area contributed by atoms with E-state index in [4.69, 9.17) is 0 Å². The predicted molar refractivity (Wildman–Crippen MR) is 89.3 cm³/mol. The van der Waals surface area contributed by atoms with Gasteiger partial charge in [-0.1, -0.05) is 85.0 Å². The van der Waals surface area contributed by atoms with Gasteiger partial charge in [-0.25, -0.2) is 0 Å². The van der Waals surface area contributed by atoms with E-state index in [1.165, 1.54) is 22.3 Å². The predicted octanol–water partition coefficient (Wildman–Crippen LogP) is 5.75. The minimum absolute atomic E-state index is 1.26. The Morgan fingerprint density at radius 3 is 1.30 bits per heavy atom. The summed E-state index contributed by atoms with van der Waals surface area (Å²) in [6.45, 7) is 4.26. The fourth-order valence-corrected chi connectivity index (χ4v) is 1.99. The van der Waals surface area contributed by atoms with Gasteiger partial charge in [0.25, 0.3) is 0 Å². The molecular weight excluding hydrogens is 240 g/mol. The third kappa shape index (κ3) is 4.10. The summed E-state index contributed by atoms with van der Waals surface area (Å²) in [4.78, 5) is 0. The summed E-state index contributed by atoms with van der Waals surface area (Å²) in [6, 6.07) is 20.9. The molecule has 0 spiro atoms. The van der Waals surface area contributed by atoms with Gasteiger partial charge >= 0.3 is 0 Å². The van der Waals surface area contributed by atoms with Crippen LogP contribution in [-0.2, 0) is 0 Å². The highest BCUT2D eigenvalue weighted by molar-refractivity contribution is 5.67. The summed E-state index contributed by atoms with van der Waals surface area (Å²) in [5.74, 6) is 0. The molecule has 100 valence electrons. The highest BCUT2D eigenvalue weighted by Crippen LogP contribution is 2.14. The van der Waals surface area contributed by atoms with Crippen molar-refractivity contribution in [3.05, 3.63) is 96.1 Å². The summed E-state index contributed by atoms with van der Waals surface area (Å²) in [5.41, 5.74) is 5.07. The molecule has 20 heavy (non-hydrogen) atoms. The first-order valence-corrected chi connectivity index (χ1v) is 6.90. The second-order valence-electron chi connectivity index (χ2n) is 4.82. The van der Waals surface area contributed by atoms with Crippen molar-refractivity contribution in [3.63, 3.8) is 0 Å². The zero-order chi connectivity index (χ0) is 14.2. The van der Waals surface area contributed by atoms with E-state index in [-0.39, 0.29) is 0 Å². The number of rotatable bonds is 4. The Labute approximate surface area is 121 Å². The third-order valence-corrected chi connectivity index (χ3v) is 3.26. The van der Waals surface area contributed by atoms with Gasteiger partial charge in [0.05, 0.1) is 0 Å². The molecule has 0 heterocycles. The molecule has 0 fully saturated rings. The summed E-state index contributed by atoms with van der Waals surface area (Å²) < 4.78 is 0. The van der Waals surface area contributed by atoms with E-state index in [1.54, 1.807) is 0 Å². The zero-order valence-electron chi connectivity index (χ0n) is 12.1. The number of hydrogen-bond acceptors (Lipinski definition) is 0. The van der Waals surface area contributed by atoms with Crippen molar-refractivity contribution in [2.24, 2.45) is 0 Å². The van der Waals surface area contributed by atoms with Gasteiger partial charge < -0.3 is 0 Å². The second kappa shape index (κ2) is 7.30. The Bertz CT molecular complexity index is 556. The minimum atomic E-state index is 1.26. The molecule has 0 radical (unpaired) electrons. The van der Waals surface area contributed by atoms with Gasteiger partial charge in [-0.3, -0.25) is 0 Å². The van der Waals surface area contributed by atoms with Crippen molar-refractivity contribution in [3.8, 4) is 0 Å². The van der Waals surface area contributed by atoms with Gasteiger partial charge in [-0.15, -0.1) is 0 Å². The quantitative estimate of drug-likeness (QED) is 0.614. The highest BCUT2D eigenvalue weighted by atomic mass is 14.0. The van der Waals surface area contributed by atoms with Crippen molar-refractivity contribution in [1.29, 1.82) is 0 Å². The molecule has 0 bridgehead atoms. The van der Waals surface area contributed by atoms with Gasteiger partial charge in [-0.2, -0.15) is 0 Å². The molecule has 0 saturated carbocycles. The lowest BCUT2D eigenvalue weighted by Gasteiger charge is -1.99. The van der Waals surface area contributed by atoms with Crippen LogP contribution in [0.15, 0.2) is 85.0 Å². The fourth-order valence-electron chi connectivity index (χ4n) is 1.99. The van der Waals surface area contributed by atoms with Crippen LogP contribution in [0.5, 0.6) is 0 Å². The van der Waals surface area contributed by atoms with Crippen molar-refractivity contribution < 1.29 is 0 Å². The van der Waals surface area contributed by atoms with Gasteiger partial charge in [0.2, 0.25) is 0 Å². The van der Waals surface area contributed by atoms with Crippen LogP contribution in [-0.4, -0.2) is 0 Å². The molecule has 0 atom stereocenters. The van der Waals surface area contributed by atoms with Crippen molar-refractivity contribution >= 4 is 11.1 Å². The first-order valence-electron chi connectivity index (χ1n) is 6.90. The van der Waals surface area contributed by atoms with Crippen molar-refractivity contribution in [2.45, 2.75) is 13.8 Å². The largest absolute Gasteiger partial charge is 0.0622 e. The van der Waals surface area contributed by atoms with E-state index in [2.05, 4.69) is 86.7 Å². The molecular formula is C20H20.